The van der Waals surface area contributed by atoms with Gasteiger partial charge in [0.1, 0.15) is 0 Å². The van der Waals surface area contributed by atoms with Gasteiger partial charge in [0.05, 0.1) is 0 Å². The monoisotopic (exact) mass is 144 g/mol. The molecule has 0 heterocycles. The first-order chi connectivity index (χ1) is 4.54. The van der Waals surface area contributed by atoms with Crippen molar-refractivity contribution in [2.75, 3.05) is 20.6 Å². The maximum Gasteiger partial charge on any atom is 0.220 e. The summed E-state index contributed by atoms with van der Waals surface area (Å²) < 4.78 is 0. The molecule has 60 valence electrons. The third-order valence-electron chi connectivity index (χ3n) is 1.50. The van der Waals surface area contributed by atoms with Gasteiger partial charge in [-0.25, -0.2) is 0 Å². The van der Waals surface area contributed by atoms with Crippen molar-refractivity contribution in [3.8, 4) is 0 Å². The Morgan fingerprint density at radius 1 is 1.60 bits per heavy atom. The minimum Gasteiger partial charge on any atom is -0.369 e. The highest BCUT2D eigenvalue weighted by atomic mass is 16.1. The highest BCUT2D eigenvalue weighted by molar-refractivity contribution is 5.76. The predicted octanol–water partition coefficient (Wildman–Crippen LogP) is 0.0595. The molecule has 10 heavy (non-hydrogen) atoms. The van der Waals surface area contributed by atoms with Crippen LogP contribution in [0.25, 0.3) is 0 Å². The number of carbonyl (C=O) groups is 1. The highest BCUT2D eigenvalue weighted by Gasteiger charge is 2.07. The van der Waals surface area contributed by atoms with E-state index in [1.165, 1.54) is 0 Å². The normalized spacial score (nSPS) is 13.6. The fraction of sp³-hybridized carbons (Fsp3) is 0.857. The standard InChI is InChI=1S/C7H16N2O/c1-6(7(8)10)4-5-9(2)3/h6H,4-5H2,1-3H3,(H2,8,10). The molecule has 1 atom stereocenters. The van der Waals surface area contributed by atoms with Crippen LogP contribution in [0.2, 0.25) is 0 Å². The molecule has 1 unspecified atom stereocenters. The lowest BCUT2D eigenvalue weighted by atomic mass is 10.1. The smallest absolute Gasteiger partial charge is 0.220 e. The number of hydrogen-bond acceptors (Lipinski definition) is 2. The van der Waals surface area contributed by atoms with Crippen LogP contribution in [0.1, 0.15) is 13.3 Å². The molecule has 0 saturated carbocycles. The van der Waals surface area contributed by atoms with E-state index in [2.05, 4.69) is 0 Å². The maximum atomic E-state index is 10.5. The Morgan fingerprint density at radius 3 is 2.40 bits per heavy atom. The lowest BCUT2D eigenvalue weighted by Gasteiger charge is -2.11. The first-order valence-corrected chi connectivity index (χ1v) is 3.48. The summed E-state index contributed by atoms with van der Waals surface area (Å²) in [6.07, 6.45) is 0.850. The Labute approximate surface area is 62.2 Å². The minimum absolute atomic E-state index is 0.00222. The van der Waals surface area contributed by atoms with E-state index < -0.39 is 0 Å². The molecule has 0 aliphatic carbocycles. The first kappa shape index (κ1) is 9.43. The zero-order valence-electron chi connectivity index (χ0n) is 6.92. The lowest BCUT2D eigenvalue weighted by molar-refractivity contribution is -0.121. The molecule has 0 aromatic rings. The van der Waals surface area contributed by atoms with Gasteiger partial charge in [-0.15, -0.1) is 0 Å². The Hall–Kier alpha value is -0.570. The minimum atomic E-state index is -0.207. The molecule has 0 aromatic heterocycles. The van der Waals surface area contributed by atoms with Crippen LogP contribution < -0.4 is 5.73 Å². The van der Waals surface area contributed by atoms with Crippen LogP contribution in [0.5, 0.6) is 0 Å². The molecule has 0 spiro atoms. The van der Waals surface area contributed by atoms with Crippen LogP contribution in [0, 0.1) is 5.92 Å². The Morgan fingerprint density at radius 2 is 2.10 bits per heavy atom. The second-order valence-electron chi connectivity index (χ2n) is 2.90. The molecule has 0 radical (unpaired) electrons. The molecular formula is C7H16N2O. The molecule has 0 saturated heterocycles. The summed E-state index contributed by atoms with van der Waals surface area (Å²) in [6.45, 7) is 2.77. The van der Waals surface area contributed by atoms with Crippen molar-refractivity contribution in [3.05, 3.63) is 0 Å². The second-order valence-corrected chi connectivity index (χ2v) is 2.90. The molecule has 0 aromatic carbocycles. The van der Waals surface area contributed by atoms with Gasteiger partial charge in [0, 0.05) is 5.92 Å². The Bertz CT molecular complexity index is 112. The SMILES string of the molecule is CC(CCN(C)C)C(N)=O. The molecule has 3 nitrogen and oxygen atoms in total. The number of nitrogens with zero attached hydrogens (tertiary/aromatic N) is 1. The Kier molecular flexibility index (Phi) is 4.03. The molecule has 1 amide bonds. The van der Waals surface area contributed by atoms with Crippen molar-refractivity contribution < 1.29 is 4.79 Å². The summed E-state index contributed by atoms with van der Waals surface area (Å²) >= 11 is 0. The van der Waals surface area contributed by atoms with E-state index in [1.807, 2.05) is 25.9 Å². The van der Waals surface area contributed by atoms with Crippen LogP contribution in [0.15, 0.2) is 0 Å². The zero-order valence-corrected chi connectivity index (χ0v) is 6.92. The summed E-state index contributed by atoms with van der Waals surface area (Å²) in [6, 6.07) is 0. The average molecular weight is 144 g/mol. The third-order valence-corrected chi connectivity index (χ3v) is 1.50. The number of rotatable bonds is 4. The van der Waals surface area contributed by atoms with E-state index in [1.54, 1.807) is 0 Å². The molecule has 0 aliphatic heterocycles. The van der Waals surface area contributed by atoms with Gasteiger partial charge in [-0.3, -0.25) is 4.79 Å². The van der Waals surface area contributed by atoms with E-state index >= 15 is 0 Å². The fourth-order valence-corrected chi connectivity index (χ4v) is 0.594. The predicted molar refractivity (Wildman–Crippen MR) is 41.5 cm³/mol. The van der Waals surface area contributed by atoms with E-state index in [0.717, 1.165) is 13.0 Å². The zero-order chi connectivity index (χ0) is 8.15. The van der Waals surface area contributed by atoms with Crippen molar-refractivity contribution in [1.82, 2.24) is 4.90 Å². The van der Waals surface area contributed by atoms with Crippen LogP contribution in [-0.4, -0.2) is 31.4 Å². The van der Waals surface area contributed by atoms with Gasteiger partial charge >= 0.3 is 0 Å². The summed E-state index contributed by atoms with van der Waals surface area (Å²) in [5, 5.41) is 0. The molecule has 0 rings (SSSR count). The number of primary amides is 1. The molecule has 3 heteroatoms. The van der Waals surface area contributed by atoms with Gasteiger partial charge in [-0.2, -0.15) is 0 Å². The van der Waals surface area contributed by atoms with Crippen LogP contribution >= 0.6 is 0 Å². The molecule has 2 N–H and O–H groups in total. The number of hydrogen-bond donors (Lipinski definition) is 1. The highest BCUT2D eigenvalue weighted by Crippen LogP contribution is 1.99. The van der Waals surface area contributed by atoms with Gasteiger partial charge < -0.3 is 10.6 Å². The van der Waals surface area contributed by atoms with Gasteiger partial charge in [0.15, 0.2) is 0 Å². The van der Waals surface area contributed by atoms with E-state index in [-0.39, 0.29) is 11.8 Å². The van der Waals surface area contributed by atoms with Gasteiger partial charge in [-0.1, -0.05) is 6.92 Å². The number of amides is 1. The summed E-state index contributed by atoms with van der Waals surface area (Å²) in [5.74, 6) is -0.204. The molecular weight excluding hydrogens is 128 g/mol. The van der Waals surface area contributed by atoms with E-state index in [0.29, 0.717) is 0 Å². The largest absolute Gasteiger partial charge is 0.369 e. The third kappa shape index (κ3) is 4.32. The van der Waals surface area contributed by atoms with Gasteiger partial charge in [0.2, 0.25) is 5.91 Å². The van der Waals surface area contributed by atoms with Crippen molar-refractivity contribution in [3.63, 3.8) is 0 Å². The molecule has 0 fully saturated rings. The average Bonchev–Trinajstić information content (AvgIpc) is 1.82. The van der Waals surface area contributed by atoms with Crippen molar-refractivity contribution in [1.29, 1.82) is 0 Å². The number of nitrogens with two attached hydrogens (primary N) is 1. The molecule has 0 aliphatic rings. The van der Waals surface area contributed by atoms with Crippen molar-refractivity contribution >= 4 is 5.91 Å². The molecule has 0 bridgehead atoms. The number of carbonyl (C=O) groups excluding carboxylic acids is 1. The summed E-state index contributed by atoms with van der Waals surface area (Å²) in [5.41, 5.74) is 5.06. The van der Waals surface area contributed by atoms with Crippen molar-refractivity contribution in [2.45, 2.75) is 13.3 Å². The second kappa shape index (κ2) is 4.28. The topological polar surface area (TPSA) is 46.3 Å². The lowest BCUT2D eigenvalue weighted by Crippen LogP contribution is -2.24. The van der Waals surface area contributed by atoms with Crippen LogP contribution in [0.3, 0.4) is 0 Å². The first-order valence-electron chi connectivity index (χ1n) is 3.48. The van der Waals surface area contributed by atoms with Crippen LogP contribution in [-0.2, 0) is 4.79 Å². The van der Waals surface area contributed by atoms with Crippen LogP contribution in [0.4, 0.5) is 0 Å². The van der Waals surface area contributed by atoms with Gasteiger partial charge in [0.25, 0.3) is 0 Å². The van der Waals surface area contributed by atoms with E-state index in [9.17, 15) is 4.79 Å². The maximum absolute atomic E-state index is 10.5. The fourth-order valence-electron chi connectivity index (χ4n) is 0.594. The van der Waals surface area contributed by atoms with E-state index in [4.69, 9.17) is 5.73 Å². The van der Waals surface area contributed by atoms with Gasteiger partial charge in [-0.05, 0) is 27.1 Å². The summed E-state index contributed by atoms with van der Waals surface area (Å²) in [7, 11) is 3.96. The Balaban J connectivity index is 3.40. The summed E-state index contributed by atoms with van der Waals surface area (Å²) in [4.78, 5) is 12.6. The van der Waals surface area contributed by atoms with Crippen molar-refractivity contribution in [2.24, 2.45) is 11.7 Å². The quantitative estimate of drug-likeness (QED) is 0.606.